The fourth-order valence-corrected chi connectivity index (χ4v) is 3.85. The van der Waals surface area contributed by atoms with E-state index in [9.17, 15) is 4.79 Å². The van der Waals surface area contributed by atoms with Gasteiger partial charge in [0.15, 0.2) is 0 Å². The van der Waals surface area contributed by atoms with Crippen LogP contribution in [0.15, 0.2) is 0 Å². The number of hydrogen-bond donors (Lipinski definition) is 1. The smallest absolute Gasteiger partial charge is 0.325 e. The SMILES string of the molecule is COC(=O)C(C)(CC(C)N1CCCC1C(C)C)NC(C)C. The zero-order valence-electron chi connectivity index (χ0n) is 14.9. The molecule has 124 valence electrons. The van der Waals surface area contributed by atoms with Gasteiger partial charge in [-0.15, -0.1) is 0 Å². The lowest BCUT2D eigenvalue weighted by Crippen LogP contribution is -2.56. The molecule has 1 fully saturated rings. The Balaban J connectivity index is 2.80. The van der Waals surface area contributed by atoms with E-state index in [0.29, 0.717) is 18.0 Å². The third-order valence-electron chi connectivity index (χ3n) is 4.62. The van der Waals surface area contributed by atoms with Crippen molar-refractivity contribution >= 4 is 5.97 Å². The van der Waals surface area contributed by atoms with Crippen LogP contribution in [0, 0.1) is 5.92 Å². The molecule has 0 amide bonds. The summed E-state index contributed by atoms with van der Waals surface area (Å²) in [5, 5.41) is 3.40. The van der Waals surface area contributed by atoms with Crippen molar-refractivity contribution in [2.45, 2.75) is 84.5 Å². The van der Waals surface area contributed by atoms with Crippen molar-refractivity contribution in [2.75, 3.05) is 13.7 Å². The molecule has 1 rings (SSSR count). The maximum Gasteiger partial charge on any atom is 0.325 e. The van der Waals surface area contributed by atoms with E-state index < -0.39 is 5.54 Å². The number of nitrogens with zero attached hydrogens (tertiary/aromatic N) is 1. The summed E-state index contributed by atoms with van der Waals surface area (Å²) in [7, 11) is 1.47. The molecule has 0 aliphatic carbocycles. The molecule has 1 heterocycles. The molecule has 0 saturated carbocycles. The molecule has 1 aliphatic rings. The summed E-state index contributed by atoms with van der Waals surface area (Å²) in [6.45, 7) is 14.1. The summed E-state index contributed by atoms with van der Waals surface area (Å²) in [6.07, 6.45) is 3.31. The zero-order valence-corrected chi connectivity index (χ0v) is 14.9. The van der Waals surface area contributed by atoms with Gasteiger partial charge in [-0.25, -0.2) is 0 Å². The van der Waals surface area contributed by atoms with Crippen molar-refractivity contribution in [1.82, 2.24) is 10.2 Å². The fraction of sp³-hybridized carbons (Fsp3) is 0.941. The van der Waals surface area contributed by atoms with Gasteiger partial charge in [0.05, 0.1) is 7.11 Å². The third-order valence-corrected chi connectivity index (χ3v) is 4.62. The molecule has 0 bridgehead atoms. The van der Waals surface area contributed by atoms with Crippen LogP contribution in [0.5, 0.6) is 0 Å². The van der Waals surface area contributed by atoms with Gasteiger partial charge in [0.2, 0.25) is 0 Å². The zero-order chi connectivity index (χ0) is 16.2. The lowest BCUT2D eigenvalue weighted by Gasteiger charge is -2.39. The molecule has 0 radical (unpaired) electrons. The van der Waals surface area contributed by atoms with E-state index in [4.69, 9.17) is 4.74 Å². The average Bonchev–Trinajstić information content (AvgIpc) is 2.85. The Morgan fingerprint density at radius 1 is 1.33 bits per heavy atom. The highest BCUT2D eigenvalue weighted by Gasteiger charge is 2.40. The minimum atomic E-state index is -0.619. The van der Waals surface area contributed by atoms with Gasteiger partial charge in [-0.2, -0.15) is 0 Å². The summed E-state index contributed by atoms with van der Waals surface area (Å²) in [5.41, 5.74) is -0.619. The van der Waals surface area contributed by atoms with Crippen molar-refractivity contribution in [3.8, 4) is 0 Å². The molecular formula is C17H34N2O2. The molecule has 1 aliphatic heterocycles. The predicted octanol–water partition coefficient (Wildman–Crippen LogP) is 2.82. The maximum absolute atomic E-state index is 12.2. The van der Waals surface area contributed by atoms with Crippen molar-refractivity contribution in [3.63, 3.8) is 0 Å². The molecule has 0 aromatic rings. The Labute approximate surface area is 130 Å². The molecule has 3 atom stereocenters. The normalized spacial score (nSPS) is 24.3. The number of carbonyl (C=O) groups is 1. The topological polar surface area (TPSA) is 41.6 Å². The summed E-state index contributed by atoms with van der Waals surface area (Å²) in [4.78, 5) is 14.8. The number of esters is 1. The highest BCUT2D eigenvalue weighted by molar-refractivity contribution is 5.80. The van der Waals surface area contributed by atoms with Crippen LogP contribution in [-0.4, -0.2) is 48.2 Å². The van der Waals surface area contributed by atoms with E-state index in [1.807, 2.05) is 6.92 Å². The second-order valence-electron chi connectivity index (χ2n) is 7.37. The number of rotatable bonds is 7. The van der Waals surface area contributed by atoms with E-state index in [1.165, 1.54) is 20.0 Å². The molecular weight excluding hydrogens is 264 g/mol. The first kappa shape index (κ1) is 18.4. The van der Waals surface area contributed by atoms with E-state index in [1.54, 1.807) is 0 Å². The number of ether oxygens (including phenoxy) is 1. The first-order valence-corrected chi connectivity index (χ1v) is 8.33. The minimum absolute atomic E-state index is 0.164. The number of nitrogens with one attached hydrogen (secondary N) is 1. The van der Waals surface area contributed by atoms with Gasteiger partial charge in [0, 0.05) is 18.1 Å². The predicted molar refractivity (Wildman–Crippen MR) is 87.3 cm³/mol. The molecule has 3 unspecified atom stereocenters. The lowest BCUT2D eigenvalue weighted by atomic mass is 9.90. The Morgan fingerprint density at radius 2 is 1.95 bits per heavy atom. The van der Waals surface area contributed by atoms with E-state index in [2.05, 4.69) is 44.8 Å². The summed E-state index contributed by atoms with van der Waals surface area (Å²) < 4.78 is 5.03. The van der Waals surface area contributed by atoms with E-state index in [-0.39, 0.29) is 12.0 Å². The molecule has 0 spiro atoms. The molecule has 4 nitrogen and oxygen atoms in total. The number of likely N-dealkylation sites (tertiary alicyclic amines) is 1. The highest BCUT2D eigenvalue weighted by Crippen LogP contribution is 2.29. The average molecular weight is 298 g/mol. The third kappa shape index (κ3) is 4.68. The van der Waals surface area contributed by atoms with Gasteiger partial charge < -0.3 is 4.74 Å². The van der Waals surface area contributed by atoms with Crippen LogP contribution >= 0.6 is 0 Å². The standard InChI is InChI=1S/C17H34N2O2/c1-12(2)15-9-8-10-19(15)14(5)11-17(6,16(20)21-7)18-13(3)4/h12-15,18H,8-11H2,1-7H3. The molecule has 21 heavy (non-hydrogen) atoms. The van der Waals surface area contributed by atoms with Crippen molar-refractivity contribution in [1.29, 1.82) is 0 Å². The minimum Gasteiger partial charge on any atom is -0.468 e. The lowest BCUT2D eigenvalue weighted by molar-refractivity contribution is -0.149. The Kier molecular flexibility index (Phi) is 6.67. The molecule has 0 aromatic heterocycles. The number of hydrogen-bond acceptors (Lipinski definition) is 4. The Morgan fingerprint density at radius 3 is 2.43 bits per heavy atom. The second kappa shape index (κ2) is 7.59. The fourth-order valence-electron chi connectivity index (χ4n) is 3.85. The van der Waals surface area contributed by atoms with Crippen molar-refractivity contribution in [2.24, 2.45) is 5.92 Å². The van der Waals surface area contributed by atoms with Crippen LogP contribution in [0.3, 0.4) is 0 Å². The summed E-state index contributed by atoms with van der Waals surface area (Å²) in [5.74, 6) is 0.501. The maximum atomic E-state index is 12.2. The van der Waals surface area contributed by atoms with Crippen molar-refractivity contribution < 1.29 is 9.53 Å². The molecule has 1 saturated heterocycles. The first-order valence-electron chi connectivity index (χ1n) is 8.33. The molecule has 4 heteroatoms. The van der Waals surface area contributed by atoms with Crippen LogP contribution in [0.4, 0.5) is 0 Å². The van der Waals surface area contributed by atoms with Crippen LogP contribution < -0.4 is 5.32 Å². The number of methoxy groups -OCH3 is 1. The van der Waals surface area contributed by atoms with Gasteiger partial charge in [-0.05, 0) is 59.4 Å². The van der Waals surface area contributed by atoms with Gasteiger partial charge in [0.25, 0.3) is 0 Å². The van der Waals surface area contributed by atoms with Gasteiger partial charge in [0.1, 0.15) is 5.54 Å². The largest absolute Gasteiger partial charge is 0.468 e. The molecule has 0 aromatic carbocycles. The summed E-state index contributed by atoms with van der Waals surface area (Å²) >= 11 is 0. The van der Waals surface area contributed by atoms with Crippen molar-refractivity contribution in [3.05, 3.63) is 0 Å². The number of carbonyl (C=O) groups excluding carboxylic acids is 1. The van der Waals surface area contributed by atoms with E-state index >= 15 is 0 Å². The van der Waals surface area contributed by atoms with Crippen LogP contribution in [0.25, 0.3) is 0 Å². The molecule has 1 N–H and O–H groups in total. The monoisotopic (exact) mass is 298 g/mol. The van der Waals surface area contributed by atoms with Gasteiger partial charge >= 0.3 is 5.97 Å². The van der Waals surface area contributed by atoms with E-state index in [0.717, 1.165) is 13.0 Å². The van der Waals surface area contributed by atoms with Gasteiger partial charge in [-0.1, -0.05) is 13.8 Å². The second-order valence-corrected chi connectivity index (χ2v) is 7.37. The van der Waals surface area contributed by atoms with Crippen LogP contribution in [0.2, 0.25) is 0 Å². The highest BCUT2D eigenvalue weighted by atomic mass is 16.5. The summed E-state index contributed by atoms with van der Waals surface area (Å²) in [6, 6.07) is 1.26. The first-order chi connectivity index (χ1) is 9.71. The van der Waals surface area contributed by atoms with Crippen LogP contribution in [-0.2, 0) is 9.53 Å². The Hall–Kier alpha value is -0.610. The van der Waals surface area contributed by atoms with Crippen LogP contribution in [0.1, 0.15) is 60.8 Å². The Bertz CT molecular complexity index is 344. The van der Waals surface area contributed by atoms with Gasteiger partial charge in [-0.3, -0.25) is 15.0 Å². The quantitative estimate of drug-likeness (QED) is 0.734.